The molecule has 18 heavy (non-hydrogen) atoms. The molecule has 3 rings (SSSR count). The fourth-order valence-electron chi connectivity index (χ4n) is 2.86. The van der Waals surface area contributed by atoms with Crippen LogP contribution in [0.15, 0.2) is 18.2 Å². The zero-order chi connectivity index (χ0) is 12.9. The van der Waals surface area contributed by atoms with Gasteiger partial charge in [0.1, 0.15) is 11.6 Å². The number of hydrogen-bond acceptors (Lipinski definition) is 1. The van der Waals surface area contributed by atoms with Gasteiger partial charge < -0.3 is 5.73 Å². The highest BCUT2D eigenvalue weighted by molar-refractivity contribution is 5.83. The number of amides is 1. The topological polar surface area (TPSA) is 43.1 Å². The van der Waals surface area contributed by atoms with Crippen LogP contribution in [0.3, 0.4) is 0 Å². The summed E-state index contributed by atoms with van der Waals surface area (Å²) in [6.07, 6.45) is 3.24. The van der Waals surface area contributed by atoms with Gasteiger partial charge in [0, 0.05) is 5.41 Å². The van der Waals surface area contributed by atoms with Crippen molar-refractivity contribution in [1.29, 1.82) is 0 Å². The van der Waals surface area contributed by atoms with E-state index in [1.807, 2.05) is 0 Å². The Bertz CT molecular complexity index is 511. The molecule has 1 aromatic carbocycles. The zero-order valence-electron chi connectivity index (χ0n) is 9.96. The molecule has 0 aliphatic heterocycles. The summed E-state index contributed by atoms with van der Waals surface area (Å²) in [4.78, 5) is 11.3. The summed E-state index contributed by atoms with van der Waals surface area (Å²) in [5.74, 6) is -0.678. The molecule has 1 amide bonds. The van der Waals surface area contributed by atoms with Gasteiger partial charge in [-0.1, -0.05) is 0 Å². The molecule has 2 N–H and O–H groups in total. The van der Waals surface area contributed by atoms with Crippen molar-refractivity contribution in [1.82, 2.24) is 0 Å². The van der Waals surface area contributed by atoms with E-state index >= 15 is 0 Å². The first-order chi connectivity index (χ1) is 8.52. The number of halogens is 2. The van der Waals surface area contributed by atoms with E-state index in [9.17, 15) is 13.6 Å². The van der Waals surface area contributed by atoms with Crippen LogP contribution in [-0.4, -0.2) is 5.91 Å². The van der Waals surface area contributed by atoms with Gasteiger partial charge >= 0.3 is 0 Å². The number of nitrogens with two attached hydrogens (primary N) is 1. The van der Waals surface area contributed by atoms with Crippen LogP contribution >= 0.6 is 0 Å². The maximum atomic E-state index is 13.6. The van der Waals surface area contributed by atoms with E-state index in [2.05, 4.69) is 0 Å². The minimum Gasteiger partial charge on any atom is -0.369 e. The third kappa shape index (κ3) is 1.89. The van der Waals surface area contributed by atoms with E-state index in [0.717, 1.165) is 31.7 Å². The molecule has 1 aromatic rings. The van der Waals surface area contributed by atoms with Crippen LogP contribution in [0.4, 0.5) is 8.78 Å². The van der Waals surface area contributed by atoms with Gasteiger partial charge in [-0.05, 0) is 61.3 Å². The predicted octanol–water partition coefficient (Wildman–Crippen LogP) is 2.72. The molecule has 0 saturated heterocycles. The maximum Gasteiger partial charge on any atom is 0.223 e. The highest BCUT2D eigenvalue weighted by Crippen LogP contribution is 2.60. The smallest absolute Gasteiger partial charge is 0.223 e. The predicted molar refractivity (Wildman–Crippen MR) is 62.7 cm³/mol. The van der Waals surface area contributed by atoms with Gasteiger partial charge in [0.15, 0.2) is 0 Å². The van der Waals surface area contributed by atoms with Gasteiger partial charge in [-0.25, -0.2) is 8.78 Å². The van der Waals surface area contributed by atoms with E-state index in [4.69, 9.17) is 5.73 Å². The minimum atomic E-state index is -0.409. The van der Waals surface area contributed by atoms with Crippen LogP contribution in [-0.2, 0) is 4.79 Å². The molecule has 2 saturated carbocycles. The Morgan fingerprint density at radius 1 is 1.39 bits per heavy atom. The van der Waals surface area contributed by atoms with Gasteiger partial charge in [0.05, 0.1) is 0 Å². The molecule has 0 heterocycles. The van der Waals surface area contributed by atoms with Crippen molar-refractivity contribution < 1.29 is 13.6 Å². The Morgan fingerprint density at radius 3 is 2.72 bits per heavy atom. The largest absolute Gasteiger partial charge is 0.369 e. The Morgan fingerprint density at radius 2 is 2.11 bits per heavy atom. The molecule has 0 aromatic heterocycles. The summed E-state index contributed by atoms with van der Waals surface area (Å²) in [6, 6.07) is 3.56. The molecule has 2 unspecified atom stereocenters. The Hall–Kier alpha value is -1.45. The lowest BCUT2D eigenvalue weighted by atomic mass is 9.96. The van der Waals surface area contributed by atoms with Gasteiger partial charge in [-0.2, -0.15) is 0 Å². The normalized spacial score (nSPS) is 27.9. The summed E-state index contributed by atoms with van der Waals surface area (Å²) < 4.78 is 26.7. The summed E-state index contributed by atoms with van der Waals surface area (Å²) in [7, 11) is 0. The van der Waals surface area contributed by atoms with Crippen LogP contribution in [0.1, 0.15) is 37.2 Å². The van der Waals surface area contributed by atoms with Crippen molar-refractivity contribution in [2.75, 3.05) is 0 Å². The number of carbonyl (C=O) groups is 1. The molecule has 0 bridgehead atoms. The van der Waals surface area contributed by atoms with Crippen LogP contribution < -0.4 is 5.73 Å². The Labute approximate surface area is 104 Å². The number of hydrogen-bond donors (Lipinski definition) is 1. The molecule has 96 valence electrons. The summed E-state index contributed by atoms with van der Waals surface area (Å²) in [6.45, 7) is 0. The van der Waals surface area contributed by atoms with Gasteiger partial charge in [-0.3, -0.25) is 4.79 Å². The van der Waals surface area contributed by atoms with Crippen LogP contribution in [0.2, 0.25) is 0 Å². The first kappa shape index (κ1) is 11.6. The van der Waals surface area contributed by atoms with E-state index in [1.165, 1.54) is 12.1 Å². The van der Waals surface area contributed by atoms with Gasteiger partial charge in [0.25, 0.3) is 0 Å². The zero-order valence-corrected chi connectivity index (χ0v) is 9.96. The summed E-state index contributed by atoms with van der Waals surface area (Å²) in [5, 5.41) is 0. The number of rotatable bonds is 4. The third-order valence-corrected chi connectivity index (χ3v) is 4.31. The Kier molecular flexibility index (Phi) is 2.44. The molecule has 4 heteroatoms. The van der Waals surface area contributed by atoms with Crippen molar-refractivity contribution in [3.63, 3.8) is 0 Å². The summed E-state index contributed by atoms with van der Waals surface area (Å²) >= 11 is 0. The minimum absolute atomic E-state index is 0.0533. The van der Waals surface area contributed by atoms with E-state index in [-0.39, 0.29) is 29.0 Å². The lowest BCUT2D eigenvalue weighted by Gasteiger charge is -2.10. The molecular weight excluding hydrogens is 236 g/mol. The monoisotopic (exact) mass is 251 g/mol. The number of primary amides is 1. The fraction of sp³-hybridized carbons (Fsp3) is 0.500. The second-order valence-corrected chi connectivity index (χ2v) is 5.62. The second kappa shape index (κ2) is 3.77. The van der Waals surface area contributed by atoms with Crippen molar-refractivity contribution in [3.05, 3.63) is 35.4 Å². The average molecular weight is 251 g/mol. The third-order valence-electron chi connectivity index (χ3n) is 4.31. The molecule has 2 aliphatic rings. The van der Waals surface area contributed by atoms with Crippen LogP contribution in [0, 0.1) is 23.0 Å². The second-order valence-electron chi connectivity index (χ2n) is 5.62. The maximum absolute atomic E-state index is 13.6. The van der Waals surface area contributed by atoms with Crippen LogP contribution in [0.5, 0.6) is 0 Å². The molecule has 2 aliphatic carbocycles. The molecule has 2 fully saturated rings. The number of carbonyl (C=O) groups excluding carboxylic acids is 1. The van der Waals surface area contributed by atoms with E-state index in [1.54, 1.807) is 0 Å². The molecular formula is C14H15F2NO. The SMILES string of the molecule is NC(=O)C1(CC2CC2c2cc(F)ccc2F)CC1. The standard InChI is InChI=1S/C14H15F2NO/c15-9-1-2-12(16)11(6-9)10-5-8(10)7-14(3-4-14)13(17)18/h1-2,6,8,10H,3-5,7H2,(H2,17,18). The highest BCUT2D eigenvalue weighted by atomic mass is 19.1. The van der Waals surface area contributed by atoms with Gasteiger partial charge in [-0.15, -0.1) is 0 Å². The van der Waals surface area contributed by atoms with E-state index < -0.39 is 5.82 Å². The number of benzene rings is 1. The van der Waals surface area contributed by atoms with E-state index in [0.29, 0.717) is 5.56 Å². The molecule has 0 radical (unpaired) electrons. The molecule has 0 spiro atoms. The first-order valence-electron chi connectivity index (χ1n) is 6.27. The highest BCUT2D eigenvalue weighted by Gasteiger charge is 2.54. The Balaban J connectivity index is 1.71. The molecule has 2 atom stereocenters. The van der Waals surface area contributed by atoms with Crippen molar-refractivity contribution in [2.45, 2.75) is 31.6 Å². The first-order valence-corrected chi connectivity index (χ1v) is 6.27. The van der Waals surface area contributed by atoms with Crippen molar-refractivity contribution in [2.24, 2.45) is 17.1 Å². The fourth-order valence-corrected chi connectivity index (χ4v) is 2.86. The lowest BCUT2D eigenvalue weighted by molar-refractivity contribution is -0.123. The van der Waals surface area contributed by atoms with Gasteiger partial charge in [0.2, 0.25) is 5.91 Å². The molecule has 2 nitrogen and oxygen atoms in total. The van der Waals surface area contributed by atoms with Crippen LogP contribution in [0.25, 0.3) is 0 Å². The van der Waals surface area contributed by atoms with Crippen molar-refractivity contribution >= 4 is 5.91 Å². The quantitative estimate of drug-likeness (QED) is 0.878. The van der Waals surface area contributed by atoms with Crippen molar-refractivity contribution in [3.8, 4) is 0 Å². The lowest BCUT2D eigenvalue weighted by Crippen LogP contribution is -2.25. The average Bonchev–Trinajstić information content (AvgIpc) is 3.20. The summed E-state index contributed by atoms with van der Waals surface area (Å²) in [5.41, 5.74) is 5.47.